The molecule has 0 atom stereocenters. The molecule has 1 saturated heterocycles. The monoisotopic (exact) mass is 438 g/mol. The first-order valence-electron chi connectivity index (χ1n) is 8.17. The van der Waals surface area contributed by atoms with Crippen LogP contribution >= 0.6 is 15.9 Å². The lowest BCUT2D eigenvalue weighted by atomic mass is 10.2. The van der Waals surface area contributed by atoms with E-state index in [-0.39, 0.29) is 10.5 Å². The van der Waals surface area contributed by atoms with E-state index in [1.165, 1.54) is 29.6 Å². The number of nitrogens with one attached hydrogen (secondary N) is 1. The van der Waals surface area contributed by atoms with Crippen molar-refractivity contribution in [3.63, 3.8) is 0 Å². The predicted octanol–water partition coefficient (Wildman–Crippen LogP) is 3.49. The Bertz CT molecular complexity index is 925. The summed E-state index contributed by atoms with van der Waals surface area (Å²) >= 11 is 3.35. The van der Waals surface area contributed by atoms with E-state index in [0.29, 0.717) is 24.5 Å². The highest BCUT2D eigenvalue weighted by molar-refractivity contribution is 9.10. The third-order valence-electron chi connectivity index (χ3n) is 4.20. The minimum atomic E-state index is -3.61. The highest BCUT2D eigenvalue weighted by atomic mass is 79.9. The summed E-state index contributed by atoms with van der Waals surface area (Å²) < 4.78 is 33.0. The number of carbonyl (C=O) groups excluding carboxylic acids is 1. The lowest BCUT2D eigenvalue weighted by Crippen LogP contribution is -2.28. The molecule has 0 aliphatic carbocycles. The normalized spacial score (nSPS) is 15.0. The van der Waals surface area contributed by atoms with Crippen molar-refractivity contribution in [2.45, 2.75) is 17.7 Å². The minimum absolute atomic E-state index is 0.0968. The molecule has 26 heavy (non-hydrogen) atoms. The second-order valence-corrected chi connectivity index (χ2v) is 8.79. The quantitative estimate of drug-likeness (QED) is 0.774. The van der Waals surface area contributed by atoms with Crippen LogP contribution in [0.15, 0.2) is 51.8 Å². The van der Waals surface area contributed by atoms with Crippen LogP contribution in [0.2, 0.25) is 0 Å². The standard InChI is InChI=1S/C18H19BrN2O4S/c1-25-17-8-7-15(26(23,24)21-9-2-3-10-21)12-16(17)18(22)20-14-6-4-5-13(19)11-14/h4-8,11-12H,2-3,9-10H2,1H3,(H,20,22). The Morgan fingerprint density at radius 3 is 2.54 bits per heavy atom. The van der Waals surface area contributed by atoms with Gasteiger partial charge < -0.3 is 10.1 Å². The van der Waals surface area contributed by atoms with Crippen LogP contribution < -0.4 is 10.1 Å². The maximum Gasteiger partial charge on any atom is 0.259 e. The molecule has 6 nitrogen and oxygen atoms in total. The van der Waals surface area contributed by atoms with E-state index in [1.54, 1.807) is 18.2 Å². The molecule has 0 spiro atoms. The topological polar surface area (TPSA) is 75.7 Å². The molecular formula is C18H19BrN2O4S. The number of rotatable bonds is 5. The van der Waals surface area contributed by atoms with Gasteiger partial charge in [0.1, 0.15) is 5.75 Å². The van der Waals surface area contributed by atoms with Crippen LogP contribution in [0.5, 0.6) is 5.75 Å². The van der Waals surface area contributed by atoms with Gasteiger partial charge in [-0.25, -0.2) is 8.42 Å². The number of hydrogen-bond donors (Lipinski definition) is 1. The van der Waals surface area contributed by atoms with E-state index < -0.39 is 15.9 Å². The molecule has 0 saturated carbocycles. The number of methoxy groups -OCH3 is 1. The van der Waals surface area contributed by atoms with Crippen molar-refractivity contribution in [3.05, 3.63) is 52.5 Å². The number of halogens is 1. The van der Waals surface area contributed by atoms with E-state index in [0.717, 1.165) is 17.3 Å². The van der Waals surface area contributed by atoms with E-state index in [1.807, 2.05) is 6.07 Å². The second-order valence-electron chi connectivity index (χ2n) is 5.94. The van der Waals surface area contributed by atoms with Crippen LogP contribution in [-0.4, -0.2) is 38.8 Å². The van der Waals surface area contributed by atoms with Gasteiger partial charge >= 0.3 is 0 Å². The largest absolute Gasteiger partial charge is 0.496 e. The summed E-state index contributed by atoms with van der Waals surface area (Å²) in [6.45, 7) is 1.02. The fourth-order valence-corrected chi connectivity index (χ4v) is 4.81. The van der Waals surface area contributed by atoms with E-state index >= 15 is 0 Å². The van der Waals surface area contributed by atoms with Gasteiger partial charge in [-0.1, -0.05) is 22.0 Å². The first-order valence-corrected chi connectivity index (χ1v) is 10.4. The van der Waals surface area contributed by atoms with Crippen molar-refractivity contribution in [3.8, 4) is 5.75 Å². The fraction of sp³-hybridized carbons (Fsp3) is 0.278. The summed E-state index contributed by atoms with van der Waals surface area (Å²) in [5.74, 6) is -0.115. The second kappa shape index (κ2) is 7.77. The molecule has 1 fully saturated rings. The Kier molecular flexibility index (Phi) is 5.64. The number of amides is 1. The average molecular weight is 439 g/mol. The third kappa shape index (κ3) is 3.92. The van der Waals surface area contributed by atoms with Crippen molar-refractivity contribution >= 4 is 37.5 Å². The maximum atomic E-state index is 12.8. The number of anilines is 1. The van der Waals surface area contributed by atoms with Gasteiger partial charge in [0.25, 0.3) is 5.91 Å². The molecule has 2 aromatic rings. The van der Waals surface area contributed by atoms with Gasteiger partial charge in [0.15, 0.2) is 0 Å². The molecule has 0 unspecified atom stereocenters. The number of hydrogen-bond acceptors (Lipinski definition) is 4. The zero-order valence-electron chi connectivity index (χ0n) is 14.2. The van der Waals surface area contributed by atoms with Crippen molar-refractivity contribution in [1.29, 1.82) is 0 Å². The Hall–Kier alpha value is -1.90. The van der Waals surface area contributed by atoms with Gasteiger partial charge in [-0.3, -0.25) is 4.79 Å². The van der Waals surface area contributed by atoms with Gasteiger partial charge in [0.05, 0.1) is 17.6 Å². The Morgan fingerprint density at radius 1 is 1.15 bits per heavy atom. The van der Waals surface area contributed by atoms with Crippen LogP contribution in [0.1, 0.15) is 23.2 Å². The average Bonchev–Trinajstić information content (AvgIpc) is 3.16. The molecule has 1 heterocycles. The Labute approximate surface area is 161 Å². The zero-order chi connectivity index (χ0) is 18.7. The van der Waals surface area contributed by atoms with E-state index in [2.05, 4.69) is 21.2 Å². The summed E-state index contributed by atoms with van der Waals surface area (Å²) in [6.07, 6.45) is 1.71. The molecule has 1 aliphatic heterocycles. The van der Waals surface area contributed by atoms with Gasteiger partial charge in [-0.2, -0.15) is 4.31 Å². The summed E-state index contributed by atoms with van der Waals surface area (Å²) in [7, 11) is -2.16. The van der Waals surface area contributed by atoms with Crippen molar-refractivity contribution in [2.24, 2.45) is 0 Å². The molecule has 0 bridgehead atoms. The van der Waals surface area contributed by atoms with Crippen LogP contribution in [-0.2, 0) is 10.0 Å². The summed E-state index contributed by atoms with van der Waals surface area (Å²) in [6, 6.07) is 11.5. The molecule has 0 aromatic heterocycles. The van der Waals surface area contributed by atoms with Gasteiger partial charge in [0.2, 0.25) is 10.0 Å². The highest BCUT2D eigenvalue weighted by Crippen LogP contribution is 2.27. The fourth-order valence-electron chi connectivity index (χ4n) is 2.87. The minimum Gasteiger partial charge on any atom is -0.496 e. The number of nitrogens with zero attached hydrogens (tertiary/aromatic N) is 1. The van der Waals surface area contributed by atoms with Crippen molar-refractivity contribution < 1.29 is 17.9 Å². The smallest absolute Gasteiger partial charge is 0.259 e. The van der Waals surface area contributed by atoms with Crippen molar-refractivity contribution in [2.75, 3.05) is 25.5 Å². The Morgan fingerprint density at radius 2 is 1.88 bits per heavy atom. The van der Waals surface area contributed by atoms with Crippen LogP contribution in [0.25, 0.3) is 0 Å². The van der Waals surface area contributed by atoms with Gasteiger partial charge in [-0.05, 0) is 49.2 Å². The first-order chi connectivity index (χ1) is 12.4. The highest BCUT2D eigenvalue weighted by Gasteiger charge is 2.28. The third-order valence-corrected chi connectivity index (χ3v) is 6.59. The van der Waals surface area contributed by atoms with E-state index in [4.69, 9.17) is 4.74 Å². The van der Waals surface area contributed by atoms with Crippen molar-refractivity contribution in [1.82, 2.24) is 4.31 Å². The molecule has 1 N–H and O–H groups in total. The molecule has 3 rings (SSSR count). The van der Waals surface area contributed by atoms with Gasteiger partial charge in [0, 0.05) is 23.2 Å². The van der Waals surface area contributed by atoms with Gasteiger partial charge in [-0.15, -0.1) is 0 Å². The number of benzene rings is 2. The molecule has 1 amide bonds. The van der Waals surface area contributed by atoms with Crippen LogP contribution in [0.4, 0.5) is 5.69 Å². The molecule has 138 valence electrons. The molecule has 2 aromatic carbocycles. The van der Waals surface area contributed by atoms with Crippen LogP contribution in [0, 0.1) is 0 Å². The Balaban J connectivity index is 1.93. The number of sulfonamides is 1. The zero-order valence-corrected chi connectivity index (χ0v) is 16.6. The lowest BCUT2D eigenvalue weighted by molar-refractivity contribution is 0.102. The molecule has 8 heteroatoms. The summed E-state index contributed by atoms with van der Waals surface area (Å²) in [5.41, 5.74) is 0.770. The lowest BCUT2D eigenvalue weighted by Gasteiger charge is -2.17. The predicted molar refractivity (Wildman–Crippen MR) is 103 cm³/mol. The maximum absolute atomic E-state index is 12.8. The van der Waals surface area contributed by atoms with E-state index in [9.17, 15) is 13.2 Å². The molecule has 0 radical (unpaired) electrons. The summed E-state index contributed by atoms with van der Waals surface area (Å²) in [5, 5.41) is 2.76. The number of carbonyl (C=O) groups is 1. The molecule has 1 aliphatic rings. The SMILES string of the molecule is COc1ccc(S(=O)(=O)N2CCCC2)cc1C(=O)Nc1cccc(Br)c1. The number of ether oxygens (including phenoxy) is 1. The van der Waals surface area contributed by atoms with Crippen LogP contribution in [0.3, 0.4) is 0 Å². The summed E-state index contributed by atoms with van der Waals surface area (Å²) in [4.78, 5) is 12.8. The first kappa shape index (κ1) is 18.9. The molecular weight excluding hydrogens is 420 g/mol.